The van der Waals surface area contributed by atoms with Crippen LogP contribution >= 0.6 is 0 Å². The van der Waals surface area contributed by atoms with Crippen molar-refractivity contribution in [3.05, 3.63) is 29.8 Å². The first kappa shape index (κ1) is 13.9. The number of carboxylic acids is 1. The predicted molar refractivity (Wildman–Crippen MR) is 73.6 cm³/mol. The van der Waals surface area contributed by atoms with E-state index >= 15 is 0 Å². The van der Waals surface area contributed by atoms with Crippen molar-refractivity contribution in [3.63, 3.8) is 0 Å². The minimum atomic E-state index is -0.806. The number of hydrogen-bond acceptors (Lipinski definition) is 3. The van der Waals surface area contributed by atoms with E-state index in [0.717, 1.165) is 30.9 Å². The van der Waals surface area contributed by atoms with E-state index in [0.29, 0.717) is 0 Å². The van der Waals surface area contributed by atoms with Crippen molar-refractivity contribution in [2.75, 3.05) is 26.2 Å². The monoisotopic (exact) mass is 263 g/mol. The number of nitrogens with zero attached hydrogens (tertiary/aromatic N) is 1. The molecule has 19 heavy (non-hydrogen) atoms. The highest BCUT2D eigenvalue weighted by molar-refractivity contribution is 5.70. The number of hydrogen-bond donors (Lipinski definition) is 1. The van der Waals surface area contributed by atoms with Crippen LogP contribution in [0.15, 0.2) is 24.3 Å². The molecule has 0 amide bonds. The molecule has 1 aromatic rings. The number of aliphatic carboxylic acids is 1. The van der Waals surface area contributed by atoms with Gasteiger partial charge in [0.15, 0.2) is 0 Å². The highest BCUT2D eigenvalue weighted by atomic mass is 16.5. The number of benzene rings is 1. The van der Waals surface area contributed by atoms with Gasteiger partial charge in [-0.2, -0.15) is 0 Å². The van der Waals surface area contributed by atoms with Gasteiger partial charge in [0.2, 0.25) is 0 Å². The third-order valence-electron chi connectivity index (χ3n) is 3.36. The van der Waals surface area contributed by atoms with Crippen LogP contribution in [0.3, 0.4) is 0 Å². The maximum atomic E-state index is 10.6. The molecule has 1 aliphatic rings. The summed E-state index contributed by atoms with van der Waals surface area (Å²) in [6.45, 7) is 4.28. The third kappa shape index (κ3) is 4.91. The van der Waals surface area contributed by atoms with Crippen LogP contribution in [0.5, 0.6) is 5.75 Å². The van der Waals surface area contributed by atoms with E-state index in [1.54, 1.807) is 0 Å². The largest absolute Gasteiger partial charge is 0.494 e. The van der Waals surface area contributed by atoms with Crippen LogP contribution in [0.25, 0.3) is 0 Å². The number of carboxylic acid groups (broad SMARTS) is 1. The minimum absolute atomic E-state index is 0.0647. The van der Waals surface area contributed by atoms with Gasteiger partial charge in [0, 0.05) is 6.54 Å². The molecule has 1 saturated heterocycles. The summed E-state index contributed by atoms with van der Waals surface area (Å²) in [5.41, 5.74) is 0.803. The van der Waals surface area contributed by atoms with E-state index < -0.39 is 5.97 Å². The zero-order valence-corrected chi connectivity index (χ0v) is 11.2. The fourth-order valence-corrected chi connectivity index (χ4v) is 2.36. The van der Waals surface area contributed by atoms with Crippen LogP contribution in [-0.4, -0.2) is 42.2 Å². The fraction of sp³-hybridized carbons (Fsp3) is 0.533. The van der Waals surface area contributed by atoms with E-state index in [4.69, 9.17) is 9.84 Å². The van der Waals surface area contributed by atoms with Crippen molar-refractivity contribution in [1.29, 1.82) is 0 Å². The van der Waals surface area contributed by atoms with Gasteiger partial charge in [0.05, 0.1) is 13.0 Å². The minimum Gasteiger partial charge on any atom is -0.494 e. The molecule has 2 rings (SSSR count). The Bertz CT molecular complexity index is 396. The smallest absolute Gasteiger partial charge is 0.307 e. The van der Waals surface area contributed by atoms with Gasteiger partial charge in [-0.3, -0.25) is 4.79 Å². The van der Waals surface area contributed by atoms with Crippen LogP contribution in [0, 0.1) is 0 Å². The summed E-state index contributed by atoms with van der Waals surface area (Å²) in [4.78, 5) is 13.0. The number of likely N-dealkylation sites (tertiary alicyclic amines) is 1. The van der Waals surface area contributed by atoms with Crippen molar-refractivity contribution < 1.29 is 14.6 Å². The van der Waals surface area contributed by atoms with Gasteiger partial charge in [-0.05, 0) is 50.0 Å². The highest BCUT2D eigenvalue weighted by Crippen LogP contribution is 2.13. The van der Waals surface area contributed by atoms with Crippen molar-refractivity contribution in [2.45, 2.75) is 25.7 Å². The SMILES string of the molecule is O=C(O)Cc1ccc(OCCCN2CCCC2)cc1. The van der Waals surface area contributed by atoms with Gasteiger partial charge in [0.25, 0.3) is 0 Å². The molecule has 1 N–H and O–H groups in total. The average molecular weight is 263 g/mol. The molecule has 1 aromatic carbocycles. The summed E-state index contributed by atoms with van der Waals surface area (Å²) in [5, 5.41) is 8.68. The maximum absolute atomic E-state index is 10.6. The molecule has 0 radical (unpaired) electrons. The quantitative estimate of drug-likeness (QED) is 0.766. The van der Waals surface area contributed by atoms with Gasteiger partial charge < -0.3 is 14.7 Å². The lowest BCUT2D eigenvalue weighted by Crippen LogP contribution is -2.21. The molecule has 0 saturated carbocycles. The molecule has 0 aromatic heterocycles. The highest BCUT2D eigenvalue weighted by Gasteiger charge is 2.10. The first-order valence-electron chi connectivity index (χ1n) is 6.90. The molecular formula is C15H21NO3. The van der Waals surface area contributed by atoms with E-state index in [2.05, 4.69) is 4.90 Å². The Hall–Kier alpha value is -1.55. The fourth-order valence-electron chi connectivity index (χ4n) is 2.36. The van der Waals surface area contributed by atoms with Crippen molar-refractivity contribution in [2.24, 2.45) is 0 Å². The van der Waals surface area contributed by atoms with Crippen molar-refractivity contribution >= 4 is 5.97 Å². The normalized spacial score (nSPS) is 15.6. The summed E-state index contributed by atoms with van der Waals surface area (Å²) in [6, 6.07) is 7.30. The van der Waals surface area contributed by atoms with Crippen LogP contribution in [0.1, 0.15) is 24.8 Å². The predicted octanol–water partition coefficient (Wildman–Crippen LogP) is 2.18. The second kappa shape index (κ2) is 7.14. The molecule has 0 aliphatic carbocycles. The molecule has 0 atom stereocenters. The topological polar surface area (TPSA) is 49.8 Å². The lowest BCUT2D eigenvalue weighted by Gasteiger charge is -2.14. The van der Waals surface area contributed by atoms with E-state index in [1.165, 1.54) is 25.9 Å². The summed E-state index contributed by atoms with van der Waals surface area (Å²) < 4.78 is 5.65. The van der Waals surface area contributed by atoms with Crippen molar-refractivity contribution in [3.8, 4) is 5.75 Å². The first-order valence-corrected chi connectivity index (χ1v) is 6.90. The number of rotatable bonds is 7. The Balaban J connectivity index is 1.66. The Labute approximate surface area is 114 Å². The molecule has 4 heteroatoms. The molecule has 1 heterocycles. The molecule has 0 spiro atoms. The number of carbonyl (C=O) groups is 1. The Morgan fingerprint density at radius 2 is 1.89 bits per heavy atom. The average Bonchev–Trinajstić information content (AvgIpc) is 2.89. The zero-order chi connectivity index (χ0) is 13.5. The molecule has 1 fully saturated rings. The Morgan fingerprint density at radius 3 is 2.53 bits per heavy atom. The van der Waals surface area contributed by atoms with Gasteiger partial charge in [-0.15, -0.1) is 0 Å². The second-order valence-electron chi connectivity index (χ2n) is 4.97. The summed E-state index contributed by atoms with van der Waals surface area (Å²) in [5.74, 6) is 0.00911. The van der Waals surface area contributed by atoms with Gasteiger partial charge >= 0.3 is 5.97 Å². The lowest BCUT2D eigenvalue weighted by molar-refractivity contribution is -0.136. The van der Waals surface area contributed by atoms with Gasteiger partial charge in [-0.1, -0.05) is 12.1 Å². The Kier molecular flexibility index (Phi) is 5.21. The van der Waals surface area contributed by atoms with E-state index in [9.17, 15) is 4.79 Å². The van der Waals surface area contributed by atoms with Crippen molar-refractivity contribution in [1.82, 2.24) is 4.90 Å². The maximum Gasteiger partial charge on any atom is 0.307 e. The standard InChI is InChI=1S/C15H21NO3/c17-15(18)12-13-4-6-14(7-5-13)19-11-3-10-16-8-1-2-9-16/h4-7H,1-3,8-12H2,(H,17,18). The molecular weight excluding hydrogens is 242 g/mol. The molecule has 0 bridgehead atoms. The molecule has 0 unspecified atom stereocenters. The van der Waals surface area contributed by atoms with Crippen LogP contribution in [-0.2, 0) is 11.2 Å². The Morgan fingerprint density at radius 1 is 1.21 bits per heavy atom. The van der Waals surface area contributed by atoms with Gasteiger partial charge in [0.1, 0.15) is 5.75 Å². The second-order valence-corrected chi connectivity index (χ2v) is 4.97. The molecule has 4 nitrogen and oxygen atoms in total. The zero-order valence-electron chi connectivity index (χ0n) is 11.2. The van der Waals surface area contributed by atoms with Crippen LogP contribution < -0.4 is 4.74 Å². The lowest BCUT2D eigenvalue weighted by atomic mass is 10.1. The number of ether oxygens (including phenoxy) is 1. The van der Waals surface area contributed by atoms with Crippen LogP contribution in [0.4, 0.5) is 0 Å². The third-order valence-corrected chi connectivity index (χ3v) is 3.36. The summed E-state index contributed by atoms with van der Waals surface area (Å²) >= 11 is 0. The first-order chi connectivity index (χ1) is 9.24. The van der Waals surface area contributed by atoms with Crippen LogP contribution in [0.2, 0.25) is 0 Å². The summed E-state index contributed by atoms with van der Waals surface area (Å²) in [7, 11) is 0. The van der Waals surface area contributed by atoms with E-state index in [1.807, 2.05) is 24.3 Å². The van der Waals surface area contributed by atoms with E-state index in [-0.39, 0.29) is 6.42 Å². The molecule has 104 valence electrons. The summed E-state index contributed by atoms with van der Waals surface area (Å²) in [6.07, 6.45) is 3.75. The van der Waals surface area contributed by atoms with Gasteiger partial charge in [-0.25, -0.2) is 0 Å². The molecule has 1 aliphatic heterocycles.